The Morgan fingerprint density at radius 1 is 1.31 bits per heavy atom. The third-order valence-electron chi connectivity index (χ3n) is 4.57. The molecular weight excluding hydrogens is 333 g/mol. The lowest BCUT2D eigenvalue weighted by atomic mass is 9.93. The van der Waals surface area contributed by atoms with Gasteiger partial charge in [-0.15, -0.1) is 0 Å². The van der Waals surface area contributed by atoms with Gasteiger partial charge in [-0.25, -0.2) is 4.39 Å². The zero-order valence-corrected chi connectivity index (χ0v) is 15.2. The van der Waals surface area contributed by atoms with Crippen LogP contribution in [0.3, 0.4) is 0 Å². The number of benzene rings is 1. The van der Waals surface area contributed by atoms with E-state index in [4.69, 9.17) is 4.74 Å². The fraction of sp³-hybridized carbons (Fsp3) is 0.400. The number of aromatic nitrogens is 1. The van der Waals surface area contributed by atoms with Crippen LogP contribution >= 0.6 is 0 Å². The molecule has 0 radical (unpaired) electrons. The van der Waals surface area contributed by atoms with Crippen molar-refractivity contribution in [3.63, 3.8) is 0 Å². The molecule has 1 fully saturated rings. The number of likely N-dealkylation sites (tertiary alicyclic amines) is 1. The van der Waals surface area contributed by atoms with Crippen LogP contribution in [0.15, 0.2) is 36.4 Å². The number of pyridine rings is 1. The Hall–Kier alpha value is -2.47. The summed E-state index contributed by atoms with van der Waals surface area (Å²) in [5.41, 5.74) is 3.62. The first kappa shape index (κ1) is 18.3. The molecule has 1 aliphatic heterocycles. The van der Waals surface area contributed by atoms with Crippen molar-refractivity contribution >= 4 is 17.3 Å². The molecule has 0 aliphatic carbocycles. The molecule has 0 unspecified atom stereocenters. The van der Waals surface area contributed by atoms with E-state index in [1.165, 1.54) is 19.2 Å². The quantitative estimate of drug-likeness (QED) is 0.888. The number of piperidine rings is 1. The molecule has 1 N–H and O–H groups in total. The average molecular weight is 357 g/mol. The molecular formula is C20H24FN3O2. The maximum atomic E-state index is 13.1. The number of nitrogens with zero attached hydrogens (tertiary/aromatic N) is 2. The Balaban J connectivity index is 1.76. The highest BCUT2D eigenvalue weighted by Gasteiger charge is 2.25. The second-order valence-corrected chi connectivity index (χ2v) is 6.67. The van der Waals surface area contributed by atoms with Crippen LogP contribution in [0.25, 0.3) is 0 Å². The minimum Gasteiger partial charge on any atom is -0.375 e. The summed E-state index contributed by atoms with van der Waals surface area (Å²) in [6.07, 6.45) is 1.96. The standard InChI is InChI=1S/C20H24FN3O2/c1-14-10-18(23-17-7-5-16(21)6-8-17)11-19(22-14)15-4-3-9-24(12-15)20(25)13-26-2/h5-8,10-11,15H,3-4,9,12-13H2,1-2H3,(H,22,23)/t15-/m0/s1. The van der Waals surface area contributed by atoms with Gasteiger partial charge in [0.25, 0.3) is 0 Å². The first-order valence-electron chi connectivity index (χ1n) is 8.83. The predicted octanol–water partition coefficient (Wildman–Crippen LogP) is 3.63. The minimum atomic E-state index is -0.259. The van der Waals surface area contributed by atoms with Gasteiger partial charge in [-0.05, 0) is 56.2 Å². The van der Waals surface area contributed by atoms with Crippen LogP contribution in [-0.2, 0) is 9.53 Å². The fourth-order valence-corrected chi connectivity index (χ4v) is 3.34. The lowest BCUT2D eigenvalue weighted by Crippen LogP contribution is -2.41. The molecule has 1 aromatic heterocycles. The van der Waals surface area contributed by atoms with Crippen molar-refractivity contribution in [2.75, 3.05) is 32.1 Å². The van der Waals surface area contributed by atoms with Crippen LogP contribution in [0.5, 0.6) is 0 Å². The zero-order chi connectivity index (χ0) is 18.5. The molecule has 1 saturated heterocycles. The van der Waals surface area contributed by atoms with Crippen molar-refractivity contribution < 1.29 is 13.9 Å². The molecule has 6 heteroatoms. The molecule has 1 atom stereocenters. The van der Waals surface area contributed by atoms with Crippen molar-refractivity contribution in [3.8, 4) is 0 Å². The number of carbonyl (C=O) groups excluding carboxylic acids is 1. The van der Waals surface area contributed by atoms with E-state index in [9.17, 15) is 9.18 Å². The zero-order valence-electron chi connectivity index (χ0n) is 15.2. The highest BCUT2D eigenvalue weighted by Crippen LogP contribution is 2.29. The van der Waals surface area contributed by atoms with Gasteiger partial charge in [-0.2, -0.15) is 0 Å². The van der Waals surface area contributed by atoms with Crippen molar-refractivity contribution in [2.24, 2.45) is 0 Å². The molecule has 5 nitrogen and oxygen atoms in total. The normalized spacial score (nSPS) is 17.2. The van der Waals surface area contributed by atoms with Gasteiger partial charge in [0.05, 0.1) is 0 Å². The SMILES string of the molecule is COCC(=O)N1CCC[C@H](c2cc(Nc3ccc(F)cc3)cc(C)n2)C1. The summed E-state index contributed by atoms with van der Waals surface area (Å²) in [4.78, 5) is 18.7. The molecule has 138 valence electrons. The molecule has 1 amide bonds. The van der Waals surface area contributed by atoms with Gasteiger partial charge in [0.15, 0.2) is 0 Å². The number of rotatable bonds is 5. The number of hydrogen-bond acceptors (Lipinski definition) is 4. The van der Waals surface area contributed by atoms with Crippen LogP contribution in [0, 0.1) is 12.7 Å². The average Bonchev–Trinajstić information content (AvgIpc) is 2.63. The van der Waals surface area contributed by atoms with Crippen LogP contribution in [-0.4, -0.2) is 42.6 Å². The lowest BCUT2D eigenvalue weighted by molar-refractivity contribution is -0.136. The predicted molar refractivity (Wildman–Crippen MR) is 99.1 cm³/mol. The first-order valence-corrected chi connectivity index (χ1v) is 8.83. The summed E-state index contributed by atoms with van der Waals surface area (Å²) in [6.45, 7) is 3.50. The Labute approximate surface area is 153 Å². The van der Waals surface area contributed by atoms with Crippen LogP contribution in [0.2, 0.25) is 0 Å². The van der Waals surface area contributed by atoms with E-state index in [1.807, 2.05) is 24.0 Å². The molecule has 0 spiro atoms. The number of carbonyl (C=O) groups is 1. The van der Waals surface area contributed by atoms with Crippen molar-refractivity contribution in [1.82, 2.24) is 9.88 Å². The highest BCUT2D eigenvalue weighted by molar-refractivity contribution is 5.77. The second kappa shape index (κ2) is 8.27. The summed E-state index contributed by atoms with van der Waals surface area (Å²) >= 11 is 0. The van der Waals surface area contributed by atoms with Gasteiger partial charge >= 0.3 is 0 Å². The van der Waals surface area contributed by atoms with Crippen molar-refractivity contribution in [2.45, 2.75) is 25.7 Å². The van der Waals surface area contributed by atoms with Gasteiger partial charge in [-0.1, -0.05) is 0 Å². The number of anilines is 2. The molecule has 2 heterocycles. The van der Waals surface area contributed by atoms with Crippen molar-refractivity contribution in [1.29, 1.82) is 0 Å². The van der Waals surface area contributed by atoms with E-state index in [0.29, 0.717) is 6.54 Å². The largest absolute Gasteiger partial charge is 0.375 e. The van der Waals surface area contributed by atoms with E-state index < -0.39 is 0 Å². The molecule has 3 rings (SSSR count). The third-order valence-corrected chi connectivity index (χ3v) is 4.57. The first-order chi connectivity index (χ1) is 12.5. The molecule has 2 aromatic rings. The molecule has 26 heavy (non-hydrogen) atoms. The van der Waals surface area contributed by atoms with Gasteiger partial charge in [0, 0.05) is 48.9 Å². The van der Waals surface area contributed by atoms with Gasteiger partial charge < -0.3 is 15.0 Å². The van der Waals surface area contributed by atoms with E-state index >= 15 is 0 Å². The third kappa shape index (κ3) is 4.58. The Morgan fingerprint density at radius 3 is 2.81 bits per heavy atom. The number of methoxy groups -OCH3 is 1. The second-order valence-electron chi connectivity index (χ2n) is 6.67. The Morgan fingerprint density at radius 2 is 2.08 bits per heavy atom. The maximum Gasteiger partial charge on any atom is 0.248 e. The van der Waals surface area contributed by atoms with Gasteiger partial charge in [-0.3, -0.25) is 9.78 Å². The fourth-order valence-electron chi connectivity index (χ4n) is 3.34. The number of aryl methyl sites for hydroxylation is 1. The molecule has 0 bridgehead atoms. The number of amides is 1. The van der Waals surface area contributed by atoms with Gasteiger partial charge in [0.2, 0.25) is 5.91 Å². The summed E-state index contributed by atoms with van der Waals surface area (Å²) in [5, 5.41) is 3.30. The number of hydrogen-bond donors (Lipinski definition) is 1. The van der Waals surface area contributed by atoms with Gasteiger partial charge in [0.1, 0.15) is 12.4 Å². The number of nitrogens with one attached hydrogen (secondary N) is 1. The lowest BCUT2D eigenvalue weighted by Gasteiger charge is -2.32. The van der Waals surface area contributed by atoms with Crippen LogP contribution < -0.4 is 5.32 Å². The smallest absolute Gasteiger partial charge is 0.248 e. The monoisotopic (exact) mass is 357 g/mol. The minimum absolute atomic E-state index is 0.0227. The summed E-state index contributed by atoms with van der Waals surface area (Å²) < 4.78 is 18.0. The molecule has 1 aromatic carbocycles. The molecule has 0 saturated carbocycles. The Kier molecular flexibility index (Phi) is 5.83. The van der Waals surface area contributed by atoms with E-state index in [-0.39, 0.29) is 24.2 Å². The number of halogens is 1. The highest BCUT2D eigenvalue weighted by atomic mass is 19.1. The van der Waals surface area contributed by atoms with Crippen molar-refractivity contribution in [3.05, 3.63) is 53.6 Å². The van der Waals surface area contributed by atoms with Crippen LogP contribution in [0.1, 0.15) is 30.1 Å². The van der Waals surface area contributed by atoms with Crippen LogP contribution in [0.4, 0.5) is 15.8 Å². The van der Waals surface area contributed by atoms with E-state index in [0.717, 1.165) is 42.1 Å². The Bertz CT molecular complexity index is 764. The maximum absolute atomic E-state index is 13.1. The number of ether oxygens (including phenoxy) is 1. The van der Waals surface area contributed by atoms with E-state index in [2.05, 4.69) is 10.3 Å². The summed E-state index contributed by atoms with van der Waals surface area (Å²) in [5.74, 6) is -0.0297. The molecule has 1 aliphatic rings. The topological polar surface area (TPSA) is 54.5 Å². The van der Waals surface area contributed by atoms with E-state index in [1.54, 1.807) is 12.1 Å². The summed E-state index contributed by atoms with van der Waals surface area (Å²) in [7, 11) is 1.54. The summed E-state index contributed by atoms with van der Waals surface area (Å²) in [6, 6.07) is 10.2.